The molecule has 0 bridgehead atoms. The van der Waals surface area contributed by atoms with Gasteiger partial charge in [0, 0.05) is 20.7 Å². The molecule has 0 atom stereocenters. The minimum absolute atomic E-state index is 0.353. The first-order valence-electron chi connectivity index (χ1n) is 4.91. The molecule has 0 fully saturated rings. The zero-order valence-electron chi connectivity index (χ0n) is 8.56. The van der Waals surface area contributed by atoms with Gasteiger partial charge in [0.15, 0.2) is 0 Å². The van der Waals surface area contributed by atoms with Gasteiger partial charge in [0.25, 0.3) is 0 Å². The molecule has 0 saturated heterocycles. The summed E-state index contributed by atoms with van der Waals surface area (Å²) in [7, 11) is 0. The largest absolute Gasteiger partial charge is 0.508 e. The molecule has 0 aliphatic heterocycles. The Morgan fingerprint density at radius 3 is 2.56 bits per heavy atom. The van der Waals surface area contributed by atoms with E-state index in [2.05, 4.69) is 28.1 Å². The predicted molar refractivity (Wildman–Crippen MR) is 71.8 cm³/mol. The molecule has 16 heavy (non-hydrogen) atoms. The Bertz CT molecular complexity index is 471. The van der Waals surface area contributed by atoms with Crippen molar-refractivity contribution in [1.82, 2.24) is 0 Å². The van der Waals surface area contributed by atoms with Crippen LogP contribution in [-0.4, -0.2) is 5.11 Å². The van der Waals surface area contributed by atoms with E-state index in [1.54, 1.807) is 17.8 Å². The summed E-state index contributed by atoms with van der Waals surface area (Å²) in [5.41, 5.74) is 0.947. The number of halogens is 1. The summed E-state index contributed by atoms with van der Waals surface area (Å²) in [6.07, 6.45) is 0. The SMILES string of the molecule is Oc1ccc(Br)cc1CSc1ccccc1. The molecule has 0 amide bonds. The van der Waals surface area contributed by atoms with Gasteiger partial charge in [-0.05, 0) is 30.3 Å². The summed E-state index contributed by atoms with van der Waals surface area (Å²) in [5.74, 6) is 1.13. The first-order chi connectivity index (χ1) is 7.75. The van der Waals surface area contributed by atoms with Crippen LogP contribution in [0.2, 0.25) is 0 Å². The van der Waals surface area contributed by atoms with Crippen molar-refractivity contribution >= 4 is 27.7 Å². The fourth-order valence-electron chi connectivity index (χ4n) is 1.35. The number of rotatable bonds is 3. The van der Waals surface area contributed by atoms with Gasteiger partial charge < -0.3 is 5.11 Å². The van der Waals surface area contributed by atoms with Crippen LogP contribution < -0.4 is 0 Å². The molecule has 0 aromatic heterocycles. The zero-order chi connectivity index (χ0) is 11.4. The highest BCUT2D eigenvalue weighted by atomic mass is 79.9. The maximum atomic E-state index is 9.68. The van der Waals surface area contributed by atoms with Crippen molar-refractivity contribution in [2.24, 2.45) is 0 Å². The number of phenols is 1. The highest BCUT2D eigenvalue weighted by Crippen LogP contribution is 2.29. The lowest BCUT2D eigenvalue weighted by atomic mass is 10.2. The molecule has 2 aromatic carbocycles. The number of thioether (sulfide) groups is 1. The molecule has 0 radical (unpaired) electrons. The second kappa shape index (κ2) is 5.41. The van der Waals surface area contributed by atoms with E-state index in [9.17, 15) is 5.11 Å². The van der Waals surface area contributed by atoms with Crippen LogP contribution in [0.4, 0.5) is 0 Å². The molecular weight excluding hydrogens is 284 g/mol. The Morgan fingerprint density at radius 2 is 1.81 bits per heavy atom. The average Bonchev–Trinajstić information content (AvgIpc) is 2.32. The van der Waals surface area contributed by atoms with Gasteiger partial charge in [-0.25, -0.2) is 0 Å². The van der Waals surface area contributed by atoms with Gasteiger partial charge in [-0.1, -0.05) is 34.1 Å². The van der Waals surface area contributed by atoms with E-state index >= 15 is 0 Å². The van der Waals surface area contributed by atoms with Crippen LogP contribution in [0.1, 0.15) is 5.56 Å². The molecular formula is C13H11BrOS. The molecule has 82 valence electrons. The minimum atomic E-state index is 0.353. The third-order valence-corrected chi connectivity index (χ3v) is 3.73. The van der Waals surface area contributed by atoms with Crippen molar-refractivity contribution in [2.45, 2.75) is 10.6 Å². The van der Waals surface area contributed by atoms with Gasteiger partial charge in [0.2, 0.25) is 0 Å². The smallest absolute Gasteiger partial charge is 0.119 e. The topological polar surface area (TPSA) is 20.2 Å². The highest BCUT2D eigenvalue weighted by Gasteiger charge is 2.02. The molecule has 2 rings (SSSR count). The van der Waals surface area contributed by atoms with Gasteiger partial charge in [0.1, 0.15) is 5.75 Å². The normalized spacial score (nSPS) is 10.3. The lowest BCUT2D eigenvalue weighted by Crippen LogP contribution is -1.82. The number of phenolic OH excluding ortho intramolecular Hbond substituents is 1. The van der Waals surface area contributed by atoms with Crippen molar-refractivity contribution < 1.29 is 5.11 Å². The predicted octanol–water partition coefficient (Wildman–Crippen LogP) is 4.45. The zero-order valence-corrected chi connectivity index (χ0v) is 11.0. The van der Waals surface area contributed by atoms with Crippen LogP contribution in [-0.2, 0) is 5.75 Å². The number of aromatic hydroxyl groups is 1. The Labute approximate surface area is 108 Å². The van der Waals surface area contributed by atoms with Crippen molar-refractivity contribution in [3.8, 4) is 5.75 Å². The number of hydrogen-bond acceptors (Lipinski definition) is 2. The summed E-state index contributed by atoms with van der Waals surface area (Å²) >= 11 is 5.12. The molecule has 0 heterocycles. The monoisotopic (exact) mass is 294 g/mol. The van der Waals surface area contributed by atoms with E-state index in [1.165, 1.54) is 4.90 Å². The van der Waals surface area contributed by atoms with E-state index in [1.807, 2.05) is 30.3 Å². The number of benzene rings is 2. The van der Waals surface area contributed by atoms with Crippen LogP contribution in [0.3, 0.4) is 0 Å². The summed E-state index contributed by atoms with van der Waals surface area (Å²) in [5, 5.41) is 9.68. The third-order valence-electron chi connectivity index (χ3n) is 2.18. The fraction of sp³-hybridized carbons (Fsp3) is 0.0769. The lowest BCUT2D eigenvalue weighted by Gasteiger charge is -2.05. The lowest BCUT2D eigenvalue weighted by molar-refractivity contribution is 0.470. The van der Waals surface area contributed by atoms with E-state index < -0.39 is 0 Å². The van der Waals surface area contributed by atoms with Gasteiger partial charge in [-0.15, -0.1) is 11.8 Å². The Morgan fingerprint density at radius 1 is 1.06 bits per heavy atom. The summed E-state index contributed by atoms with van der Waals surface area (Å²) < 4.78 is 0.994. The van der Waals surface area contributed by atoms with Crippen LogP contribution >= 0.6 is 27.7 Å². The molecule has 0 saturated carbocycles. The second-order valence-electron chi connectivity index (χ2n) is 3.37. The Hall–Kier alpha value is -0.930. The van der Waals surface area contributed by atoms with Crippen molar-refractivity contribution in [3.63, 3.8) is 0 Å². The van der Waals surface area contributed by atoms with Gasteiger partial charge in [-0.2, -0.15) is 0 Å². The summed E-state index contributed by atoms with van der Waals surface area (Å²) in [4.78, 5) is 1.21. The number of hydrogen-bond donors (Lipinski definition) is 1. The molecule has 0 aliphatic rings. The van der Waals surface area contributed by atoms with Gasteiger partial charge in [-0.3, -0.25) is 0 Å². The summed E-state index contributed by atoms with van der Waals surface area (Å²) in [6, 6.07) is 15.7. The van der Waals surface area contributed by atoms with Crippen LogP contribution in [0, 0.1) is 0 Å². The average molecular weight is 295 g/mol. The van der Waals surface area contributed by atoms with E-state index in [0.717, 1.165) is 15.8 Å². The highest BCUT2D eigenvalue weighted by molar-refractivity contribution is 9.10. The second-order valence-corrected chi connectivity index (χ2v) is 5.34. The van der Waals surface area contributed by atoms with Gasteiger partial charge in [0.05, 0.1) is 0 Å². The van der Waals surface area contributed by atoms with Crippen LogP contribution in [0.5, 0.6) is 5.75 Å². The van der Waals surface area contributed by atoms with E-state index in [4.69, 9.17) is 0 Å². The first kappa shape index (κ1) is 11.6. The Balaban J connectivity index is 2.08. The molecule has 0 unspecified atom stereocenters. The third kappa shape index (κ3) is 3.03. The van der Waals surface area contributed by atoms with Crippen molar-refractivity contribution in [1.29, 1.82) is 0 Å². The quantitative estimate of drug-likeness (QED) is 0.844. The maximum absolute atomic E-state index is 9.68. The molecule has 0 aliphatic carbocycles. The standard InChI is InChI=1S/C13H11BrOS/c14-11-6-7-13(15)10(8-11)9-16-12-4-2-1-3-5-12/h1-8,15H,9H2. The van der Waals surface area contributed by atoms with Crippen molar-refractivity contribution in [3.05, 3.63) is 58.6 Å². The van der Waals surface area contributed by atoms with Crippen LogP contribution in [0.15, 0.2) is 57.9 Å². The van der Waals surface area contributed by atoms with E-state index in [-0.39, 0.29) is 0 Å². The minimum Gasteiger partial charge on any atom is -0.508 e. The molecule has 0 spiro atoms. The first-order valence-corrected chi connectivity index (χ1v) is 6.69. The molecule has 2 aromatic rings. The van der Waals surface area contributed by atoms with Crippen LogP contribution in [0.25, 0.3) is 0 Å². The fourth-order valence-corrected chi connectivity index (χ4v) is 2.66. The molecule has 1 nitrogen and oxygen atoms in total. The van der Waals surface area contributed by atoms with Crippen molar-refractivity contribution in [2.75, 3.05) is 0 Å². The van der Waals surface area contributed by atoms with Gasteiger partial charge >= 0.3 is 0 Å². The molecule has 3 heteroatoms. The maximum Gasteiger partial charge on any atom is 0.119 e. The summed E-state index contributed by atoms with van der Waals surface area (Å²) in [6.45, 7) is 0. The Kier molecular flexibility index (Phi) is 3.91. The molecule has 1 N–H and O–H groups in total. The van der Waals surface area contributed by atoms with E-state index in [0.29, 0.717) is 5.75 Å².